The Morgan fingerprint density at radius 1 is 1.25 bits per heavy atom. The Balaban J connectivity index is 2.59. The molecule has 0 aliphatic heterocycles. The van der Waals surface area contributed by atoms with E-state index in [4.69, 9.17) is 4.42 Å². The summed E-state index contributed by atoms with van der Waals surface area (Å²) in [7, 11) is 0. The molecule has 2 heteroatoms. The summed E-state index contributed by atoms with van der Waals surface area (Å²) in [4.78, 5) is 11.0. The van der Waals surface area contributed by atoms with Gasteiger partial charge in [0.15, 0.2) is 0 Å². The monoisotopic (exact) mass is 212 g/mol. The van der Waals surface area contributed by atoms with Crippen LogP contribution in [0.5, 0.6) is 0 Å². The molecule has 1 aromatic carbocycles. The number of allylic oxidation sites excluding steroid dienone is 2. The smallest absolute Gasteiger partial charge is 0.150 e. The molecule has 16 heavy (non-hydrogen) atoms. The van der Waals surface area contributed by atoms with Crippen molar-refractivity contribution in [3.05, 3.63) is 54.5 Å². The maximum Gasteiger partial charge on any atom is 0.150 e. The fraction of sp³-hybridized carbons (Fsp3) is 0.0714. The van der Waals surface area contributed by atoms with E-state index in [-0.39, 0.29) is 0 Å². The van der Waals surface area contributed by atoms with Crippen molar-refractivity contribution in [3.8, 4) is 11.1 Å². The zero-order valence-corrected chi connectivity index (χ0v) is 9.01. The molecule has 2 nitrogen and oxygen atoms in total. The van der Waals surface area contributed by atoms with Crippen molar-refractivity contribution in [1.29, 1.82) is 0 Å². The van der Waals surface area contributed by atoms with Gasteiger partial charge in [-0.3, -0.25) is 4.79 Å². The summed E-state index contributed by atoms with van der Waals surface area (Å²) < 4.78 is 5.06. The molecule has 0 unspecified atom stereocenters. The molecule has 0 aliphatic carbocycles. The van der Waals surface area contributed by atoms with Gasteiger partial charge in [0.2, 0.25) is 0 Å². The van der Waals surface area contributed by atoms with Gasteiger partial charge in [-0.1, -0.05) is 30.3 Å². The Labute approximate surface area is 94.2 Å². The van der Waals surface area contributed by atoms with Crippen LogP contribution >= 0.6 is 0 Å². The van der Waals surface area contributed by atoms with Crippen LogP contribution in [0.1, 0.15) is 12.5 Å². The Morgan fingerprint density at radius 2 is 2.06 bits per heavy atom. The molecule has 0 N–H and O–H groups in total. The van der Waals surface area contributed by atoms with Gasteiger partial charge in [0.1, 0.15) is 6.29 Å². The molecule has 0 fully saturated rings. The van der Waals surface area contributed by atoms with E-state index in [1.807, 2.05) is 43.3 Å². The number of rotatable bonds is 3. The number of aldehydes is 1. The third kappa shape index (κ3) is 1.82. The van der Waals surface area contributed by atoms with Gasteiger partial charge >= 0.3 is 0 Å². The molecule has 0 saturated heterocycles. The first kappa shape index (κ1) is 10.4. The number of carbonyl (C=O) groups excluding carboxylic acids is 1. The SMILES string of the molecule is CC=C(C=O)c1ccccc1-c1ccoc1. The van der Waals surface area contributed by atoms with Gasteiger partial charge in [-0.15, -0.1) is 0 Å². The van der Waals surface area contributed by atoms with E-state index in [1.54, 1.807) is 12.5 Å². The van der Waals surface area contributed by atoms with Gasteiger partial charge in [-0.05, 0) is 24.1 Å². The Bertz CT molecular complexity index is 507. The van der Waals surface area contributed by atoms with Gasteiger partial charge in [0.05, 0.1) is 12.5 Å². The molecular formula is C14H12O2. The number of carbonyl (C=O) groups is 1. The van der Waals surface area contributed by atoms with Crippen LogP contribution in [0.15, 0.2) is 53.4 Å². The van der Waals surface area contributed by atoms with Gasteiger partial charge in [0.25, 0.3) is 0 Å². The lowest BCUT2D eigenvalue weighted by Crippen LogP contribution is -1.89. The second-order valence-corrected chi connectivity index (χ2v) is 3.42. The normalized spacial score (nSPS) is 11.4. The molecular weight excluding hydrogens is 200 g/mol. The maximum atomic E-state index is 11.0. The molecule has 0 radical (unpaired) electrons. The minimum absolute atomic E-state index is 0.691. The average molecular weight is 212 g/mol. The first-order valence-electron chi connectivity index (χ1n) is 5.10. The predicted molar refractivity (Wildman–Crippen MR) is 63.9 cm³/mol. The van der Waals surface area contributed by atoms with Crippen molar-refractivity contribution >= 4 is 11.9 Å². The van der Waals surface area contributed by atoms with E-state index in [9.17, 15) is 4.79 Å². The summed E-state index contributed by atoms with van der Waals surface area (Å²) in [5.74, 6) is 0. The summed E-state index contributed by atoms with van der Waals surface area (Å²) in [6.45, 7) is 1.86. The lowest BCUT2D eigenvalue weighted by Gasteiger charge is -2.06. The first-order valence-corrected chi connectivity index (χ1v) is 5.10. The van der Waals surface area contributed by atoms with Crippen LogP contribution in [-0.4, -0.2) is 6.29 Å². The second-order valence-electron chi connectivity index (χ2n) is 3.42. The van der Waals surface area contributed by atoms with Crippen LogP contribution in [0.25, 0.3) is 16.7 Å². The van der Waals surface area contributed by atoms with Crippen molar-refractivity contribution in [1.82, 2.24) is 0 Å². The molecule has 1 aromatic heterocycles. The van der Waals surface area contributed by atoms with Gasteiger partial charge in [-0.2, -0.15) is 0 Å². The zero-order valence-electron chi connectivity index (χ0n) is 9.01. The van der Waals surface area contributed by atoms with Crippen molar-refractivity contribution in [2.45, 2.75) is 6.92 Å². The minimum Gasteiger partial charge on any atom is -0.472 e. The van der Waals surface area contributed by atoms with E-state index < -0.39 is 0 Å². The summed E-state index contributed by atoms with van der Waals surface area (Å²) in [6, 6.07) is 9.67. The third-order valence-electron chi connectivity index (χ3n) is 2.51. The van der Waals surface area contributed by atoms with E-state index in [0.717, 1.165) is 23.0 Å². The van der Waals surface area contributed by atoms with Crippen molar-refractivity contribution < 1.29 is 9.21 Å². The fourth-order valence-electron chi connectivity index (χ4n) is 1.69. The fourth-order valence-corrected chi connectivity index (χ4v) is 1.69. The average Bonchev–Trinajstić information content (AvgIpc) is 2.85. The lowest BCUT2D eigenvalue weighted by atomic mass is 9.97. The van der Waals surface area contributed by atoms with Crippen LogP contribution in [-0.2, 0) is 4.79 Å². The molecule has 0 atom stereocenters. The Hall–Kier alpha value is -2.09. The summed E-state index contributed by atoms with van der Waals surface area (Å²) in [5.41, 5.74) is 3.62. The van der Waals surface area contributed by atoms with E-state index in [0.29, 0.717) is 5.57 Å². The van der Waals surface area contributed by atoms with E-state index >= 15 is 0 Å². The van der Waals surface area contributed by atoms with Crippen LogP contribution < -0.4 is 0 Å². The Kier molecular flexibility index (Phi) is 3.01. The standard InChI is InChI=1S/C14H12O2/c1-2-11(9-15)13-5-3-4-6-14(13)12-7-8-16-10-12/h2-10H,1H3. The van der Waals surface area contributed by atoms with Crippen molar-refractivity contribution in [2.24, 2.45) is 0 Å². The molecule has 1 heterocycles. The van der Waals surface area contributed by atoms with Crippen LogP contribution in [0.4, 0.5) is 0 Å². The Morgan fingerprint density at radius 3 is 2.69 bits per heavy atom. The topological polar surface area (TPSA) is 30.2 Å². The highest BCUT2D eigenvalue weighted by atomic mass is 16.3. The van der Waals surface area contributed by atoms with Crippen molar-refractivity contribution in [2.75, 3.05) is 0 Å². The van der Waals surface area contributed by atoms with E-state index in [2.05, 4.69) is 0 Å². The molecule has 2 aromatic rings. The van der Waals surface area contributed by atoms with Gasteiger partial charge in [-0.25, -0.2) is 0 Å². The van der Waals surface area contributed by atoms with Gasteiger partial charge in [0, 0.05) is 11.1 Å². The van der Waals surface area contributed by atoms with Crippen LogP contribution in [0, 0.1) is 0 Å². The quantitative estimate of drug-likeness (QED) is 0.575. The highest BCUT2D eigenvalue weighted by molar-refractivity contribution is 6.09. The second kappa shape index (κ2) is 4.62. The highest BCUT2D eigenvalue weighted by Gasteiger charge is 2.08. The molecule has 0 saturated carbocycles. The largest absolute Gasteiger partial charge is 0.472 e. The zero-order chi connectivity index (χ0) is 11.4. The van der Waals surface area contributed by atoms with Crippen LogP contribution in [0.3, 0.4) is 0 Å². The maximum absolute atomic E-state index is 11.0. The highest BCUT2D eigenvalue weighted by Crippen LogP contribution is 2.28. The summed E-state index contributed by atoms with van der Waals surface area (Å²) in [5, 5.41) is 0. The number of furan rings is 1. The third-order valence-corrected chi connectivity index (χ3v) is 2.51. The minimum atomic E-state index is 0.691. The molecule has 0 amide bonds. The lowest BCUT2D eigenvalue weighted by molar-refractivity contribution is -0.103. The number of benzene rings is 1. The van der Waals surface area contributed by atoms with Crippen LogP contribution in [0.2, 0.25) is 0 Å². The van der Waals surface area contributed by atoms with E-state index in [1.165, 1.54) is 0 Å². The molecule has 80 valence electrons. The predicted octanol–water partition coefficient (Wildman–Crippen LogP) is 3.55. The number of hydrogen-bond acceptors (Lipinski definition) is 2. The summed E-state index contributed by atoms with van der Waals surface area (Å²) >= 11 is 0. The van der Waals surface area contributed by atoms with Crippen molar-refractivity contribution in [3.63, 3.8) is 0 Å². The van der Waals surface area contributed by atoms with Gasteiger partial charge < -0.3 is 4.42 Å². The molecule has 0 spiro atoms. The molecule has 0 bridgehead atoms. The first-order chi connectivity index (χ1) is 7.86. The number of hydrogen-bond donors (Lipinski definition) is 0. The summed E-state index contributed by atoms with van der Waals surface area (Å²) in [6.07, 6.45) is 5.99. The molecule has 2 rings (SSSR count). The molecule has 0 aliphatic rings.